The molecule has 4 N–H and O–H groups in total. The van der Waals surface area contributed by atoms with E-state index >= 15 is 0 Å². The lowest BCUT2D eigenvalue weighted by Gasteiger charge is -2.62. The molecule has 2 aromatic rings. The fourth-order valence-corrected chi connectivity index (χ4v) is 28.8. The largest absolute Gasteiger partial charge is 0.461 e. The van der Waals surface area contributed by atoms with E-state index in [4.69, 9.17) is 23.7 Å². The van der Waals surface area contributed by atoms with Crippen molar-refractivity contribution in [3.05, 3.63) is 48.0 Å². The van der Waals surface area contributed by atoms with E-state index in [0.717, 1.165) is 138 Å². The van der Waals surface area contributed by atoms with E-state index in [1.54, 1.807) is 0 Å². The minimum Gasteiger partial charge on any atom is -0.461 e. The third-order valence-corrected chi connectivity index (χ3v) is 34.4. The van der Waals surface area contributed by atoms with Crippen molar-refractivity contribution >= 4 is 40.6 Å². The van der Waals surface area contributed by atoms with Gasteiger partial charge in [0.2, 0.25) is 0 Å². The zero-order chi connectivity index (χ0) is 71.3. The molecule has 0 saturated heterocycles. The van der Waals surface area contributed by atoms with Crippen molar-refractivity contribution in [3.8, 4) is 0 Å². The minimum atomic E-state index is -0.525. The first-order valence-corrected chi connectivity index (χ1v) is 41.2. The Morgan fingerprint density at radius 3 is 1.34 bits per heavy atom. The predicted molar refractivity (Wildman–Crippen MR) is 386 cm³/mol. The molecule has 0 aromatic heterocycles. The summed E-state index contributed by atoms with van der Waals surface area (Å²) < 4.78 is 30.5. The Hall–Kier alpha value is -4.11. The molecule has 14 nitrogen and oxygen atoms in total. The monoisotopic (exact) mass is 1400 g/mol. The number of aliphatic hydroxyl groups excluding tert-OH is 4. The molecular formula is C87H128O14. The molecule has 2 aromatic carbocycles. The van der Waals surface area contributed by atoms with Crippen molar-refractivity contribution < 1.29 is 68.1 Å². The van der Waals surface area contributed by atoms with Crippen LogP contribution in [0, 0.1) is 139 Å². The Kier molecular flexibility index (Phi) is 21.1. The Bertz CT molecular complexity index is 3330. The van der Waals surface area contributed by atoms with Gasteiger partial charge in [0, 0.05) is 24.7 Å². The number of ether oxygens (including phenoxy) is 5. The van der Waals surface area contributed by atoms with Gasteiger partial charge in [0.05, 0.1) is 24.4 Å². The topological polar surface area (TPSA) is 212 Å². The van der Waals surface area contributed by atoms with Gasteiger partial charge < -0.3 is 44.1 Å². The quantitative estimate of drug-likeness (QED) is 0.0718. The van der Waals surface area contributed by atoms with Gasteiger partial charge in [-0.15, -0.1) is 0 Å². The van der Waals surface area contributed by atoms with Crippen LogP contribution < -0.4 is 0 Å². The number of fused-ring (bicyclic) bond motifs is 16. The van der Waals surface area contributed by atoms with Crippen LogP contribution in [0.1, 0.15) is 261 Å². The maximum atomic E-state index is 14.5. The Balaban J connectivity index is 0.582. The van der Waals surface area contributed by atoms with E-state index in [1.807, 2.05) is 24.3 Å². The molecule has 101 heavy (non-hydrogen) atoms. The van der Waals surface area contributed by atoms with Gasteiger partial charge in [0.25, 0.3) is 0 Å². The molecule has 0 heterocycles. The third-order valence-electron chi connectivity index (χ3n) is 34.4. The number of benzene rings is 2. The highest BCUT2D eigenvalue weighted by Crippen LogP contribution is 2.73. The molecule has 14 rings (SSSR count). The van der Waals surface area contributed by atoms with Gasteiger partial charge in [-0.25, -0.2) is 9.59 Å². The summed E-state index contributed by atoms with van der Waals surface area (Å²) in [7, 11) is 0. The lowest BCUT2D eigenvalue weighted by Crippen LogP contribution is -2.60. The van der Waals surface area contributed by atoms with Crippen LogP contribution in [0.3, 0.4) is 0 Å². The Morgan fingerprint density at radius 1 is 0.416 bits per heavy atom. The normalized spacial score (nSPS) is 45.1. The van der Waals surface area contributed by atoms with Crippen LogP contribution in [-0.4, -0.2) is 100 Å². The van der Waals surface area contributed by atoms with Gasteiger partial charge in [-0.3, -0.25) is 14.4 Å². The molecule has 0 unspecified atom stereocenters. The van der Waals surface area contributed by atoms with Gasteiger partial charge in [0.1, 0.15) is 18.8 Å². The molecule has 0 spiro atoms. The predicted octanol–water partition coefficient (Wildman–Crippen LogP) is 16.3. The number of aliphatic hydroxyl groups is 4. The van der Waals surface area contributed by atoms with Crippen molar-refractivity contribution in [2.75, 3.05) is 13.2 Å². The molecule has 0 amide bonds. The molecule has 12 aliphatic rings. The van der Waals surface area contributed by atoms with E-state index in [2.05, 4.69) is 80.5 Å². The van der Waals surface area contributed by atoms with Gasteiger partial charge in [-0.1, -0.05) is 105 Å². The molecule has 12 aliphatic carbocycles. The Labute approximate surface area is 604 Å². The smallest absolute Gasteiger partial charge is 0.344 e. The second-order valence-corrected chi connectivity index (χ2v) is 38.2. The van der Waals surface area contributed by atoms with Crippen LogP contribution >= 0.6 is 0 Å². The highest BCUT2D eigenvalue weighted by molar-refractivity contribution is 5.86. The number of esters is 5. The van der Waals surface area contributed by atoms with E-state index in [1.165, 1.54) is 19.3 Å². The van der Waals surface area contributed by atoms with E-state index in [-0.39, 0.29) is 142 Å². The molecular weight excluding hydrogens is 1270 g/mol. The number of rotatable bonds is 20. The lowest BCUT2D eigenvalue weighted by molar-refractivity contribution is -0.202. The average molecular weight is 1400 g/mol. The van der Waals surface area contributed by atoms with E-state index in [9.17, 15) is 44.4 Å². The summed E-state index contributed by atoms with van der Waals surface area (Å²) in [4.78, 5) is 69.0. The van der Waals surface area contributed by atoms with Crippen molar-refractivity contribution in [1.29, 1.82) is 0 Å². The summed E-state index contributed by atoms with van der Waals surface area (Å²) in [6.45, 7) is 20.5. The first-order chi connectivity index (χ1) is 48.2. The highest BCUT2D eigenvalue weighted by atomic mass is 16.6. The highest BCUT2D eigenvalue weighted by Gasteiger charge is 2.68. The van der Waals surface area contributed by atoms with Crippen molar-refractivity contribution in [3.63, 3.8) is 0 Å². The summed E-state index contributed by atoms with van der Waals surface area (Å²) in [5.41, 5.74) is 0.422. The summed E-state index contributed by atoms with van der Waals surface area (Å²) in [6, 6.07) is 14.2. The van der Waals surface area contributed by atoms with Crippen LogP contribution in [0.15, 0.2) is 42.5 Å². The standard InChI is InChI=1S/C87H128O14/c1-50(65-26-29-68-62-23-20-55-41-58(88)35-38-82(55,4)71(62)44-74(90)85(65,68)7)17-33-78(93)98-48-80(95)100-60-37-40-84(6)57(43-60)22-25-64-70-31-28-67(52(3)19-32-77(92)97-47-54-15-12-14-53-13-10-11-16-61(53)54)87(70,9)76(46-73(64)84)101-81(96)49-99-79(94)34-18-51(2)66-27-30-69-63-24-21-56-42-59(89)36-39-83(56,5)72(63)45-75(91)86(66,69)8/h10-16,50-52,55-60,62-76,88-91H,17-49H2,1-9H3/t50-,51-,52-,55-,56-,57-,58-,59-,60-,62+,63+,64+,65-,66-,67-,68+,69+,70+,71+,72+,73+,74+,75+,76+,82+,83+,84+,85-,86-,87-/m1/s1. The molecule has 0 radical (unpaired) electrons. The second-order valence-electron chi connectivity index (χ2n) is 38.2. The molecule has 12 fully saturated rings. The van der Waals surface area contributed by atoms with Crippen molar-refractivity contribution in [1.82, 2.24) is 0 Å². The molecule has 560 valence electrons. The number of carbonyl (C=O) groups excluding carboxylic acids is 5. The molecule has 12 saturated carbocycles. The number of carbonyl (C=O) groups is 5. The lowest BCUT2D eigenvalue weighted by atomic mass is 9.43. The van der Waals surface area contributed by atoms with Crippen molar-refractivity contribution in [2.45, 2.75) is 298 Å². The maximum Gasteiger partial charge on any atom is 0.344 e. The van der Waals surface area contributed by atoms with Crippen molar-refractivity contribution in [2.24, 2.45) is 139 Å². The number of hydrogen-bond donors (Lipinski definition) is 4. The summed E-state index contributed by atoms with van der Waals surface area (Å²) in [5.74, 6) is 4.57. The summed E-state index contributed by atoms with van der Waals surface area (Å²) in [5, 5.41) is 47.7. The Morgan fingerprint density at radius 2 is 0.832 bits per heavy atom. The fourth-order valence-electron chi connectivity index (χ4n) is 28.8. The van der Waals surface area contributed by atoms with Crippen LogP contribution in [-0.2, 0) is 54.3 Å². The zero-order valence-corrected chi connectivity index (χ0v) is 63.1. The molecule has 0 bridgehead atoms. The second kappa shape index (κ2) is 28.9. The minimum absolute atomic E-state index is 0.103. The summed E-state index contributed by atoms with van der Waals surface area (Å²) >= 11 is 0. The first-order valence-electron chi connectivity index (χ1n) is 41.2. The molecule has 30 atom stereocenters. The first kappa shape index (κ1) is 73.8. The fraction of sp³-hybridized carbons (Fsp3) is 0.828. The van der Waals surface area contributed by atoms with Gasteiger partial charge in [-0.05, 0) is 323 Å². The van der Waals surface area contributed by atoms with Crippen LogP contribution in [0.5, 0.6) is 0 Å². The molecule has 0 aliphatic heterocycles. The van der Waals surface area contributed by atoms with Crippen LogP contribution in [0.4, 0.5) is 0 Å². The third kappa shape index (κ3) is 13.2. The summed E-state index contributed by atoms with van der Waals surface area (Å²) in [6.07, 6.45) is 23.9. The number of hydrogen-bond acceptors (Lipinski definition) is 14. The SMILES string of the molecule is C[C@H](CCC(=O)OCC(=O)O[C@@H]1CC[C@@]2(C)[C@H](CC[C@@H]3[C@@H]2C[C@H](OC(=O)COC(=O)CC[C@@H](C)[C@H]2CC[C@H]4[C@@H]5CC[C@@H]6C[C@H](O)CC[C@]6(C)[C@H]5C[C@H](O)[C@]24C)[C@]2(C)[C@@H]([C@H](C)CCC(=O)OCc4cccc5ccccc45)CC[C@@H]32)C1)[C@H]1CC[C@H]2[C@@H]3CC[C@@H]4C[C@H](O)CC[C@]4(C)[C@H]3C[C@H](O)[C@]12C. The maximum absolute atomic E-state index is 14.5. The average Bonchev–Trinajstić information content (AvgIpc) is 1.69. The molecule has 14 heteroatoms. The van der Waals surface area contributed by atoms with Gasteiger partial charge in [-0.2, -0.15) is 0 Å². The zero-order valence-electron chi connectivity index (χ0n) is 63.1. The van der Waals surface area contributed by atoms with E-state index < -0.39 is 43.3 Å². The van der Waals surface area contributed by atoms with Crippen LogP contribution in [0.25, 0.3) is 10.8 Å². The van der Waals surface area contributed by atoms with E-state index in [0.29, 0.717) is 91.3 Å². The van der Waals surface area contributed by atoms with Crippen LogP contribution in [0.2, 0.25) is 0 Å². The van der Waals surface area contributed by atoms with Gasteiger partial charge >= 0.3 is 29.8 Å². The van der Waals surface area contributed by atoms with Gasteiger partial charge in [0.15, 0.2) is 13.2 Å².